The van der Waals surface area contributed by atoms with Gasteiger partial charge in [0.05, 0.1) is 13.2 Å². The van der Waals surface area contributed by atoms with Gasteiger partial charge in [-0.2, -0.15) is 0 Å². The van der Waals surface area contributed by atoms with Gasteiger partial charge in [0.25, 0.3) is 0 Å². The monoisotopic (exact) mass is 302 g/mol. The SMILES string of the molecule is COc1ccc(C(C)=O)cc1C(O)C(O)CBr. The summed E-state index contributed by atoms with van der Waals surface area (Å²) in [5.74, 6) is 0.344. The van der Waals surface area contributed by atoms with Crippen molar-refractivity contribution in [2.75, 3.05) is 12.4 Å². The van der Waals surface area contributed by atoms with Crippen LogP contribution in [0, 0.1) is 0 Å². The van der Waals surface area contributed by atoms with Crippen molar-refractivity contribution in [3.63, 3.8) is 0 Å². The van der Waals surface area contributed by atoms with Gasteiger partial charge in [0.1, 0.15) is 11.9 Å². The molecule has 1 aromatic carbocycles. The number of ketones is 1. The van der Waals surface area contributed by atoms with Gasteiger partial charge >= 0.3 is 0 Å². The summed E-state index contributed by atoms with van der Waals surface area (Å²) in [5, 5.41) is 19.8. The second-order valence-electron chi connectivity index (χ2n) is 3.68. The van der Waals surface area contributed by atoms with Crippen LogP contribution < -0.4 is 4.74 Å². The lowest BCUT2D eigenvalue weighted by atomic mass is 10.00. The largest absolute Gasteiger partial charge is 0.496 e. The number of Topliss-reactive ketones (excluding diaryl/α,β-unsaturated/α-hetero) is 1. The Balaban J connectivity index is 3.18. The maximum atomic E-state index is 11.3. The van der Waals surface area contributed by atoms with Crippen LogP contribution >= 0.6 is 15.9 Å². The molecule has 4 nitrogen and oxygen atoms in total. The summed E-state index contributed by atoms with van der Waals surface area (Å²) < 4.78 is 5.10. The van der Waals surface area contributed by atoms with Crippen molar-refractivity contribution in [2.24, 2.45) is 0 Å². The number of hydrogen-bond acceptors (Lipinski definition) is 4. The van der Waals surface area contributed by atoms with E-state index in [2.05, 4.69) is 15.9 Å². The van der Waals surface area contributed by atoms with E-state index in [1.807, 2.05) is 0 Å². The maximum absolute atomic E-state index is 11.3. The van der Waals surface area contributed by atoms with E-state index in [0.717, 1.165) is 0 Å². The molecule has 0 heterocycles. The summed E-state index contributed by atoms with van der Waals surface area (Å²) in [5.41, 5.74) is 0.883. The summed E-state index contributed by atoms with van der Waals surface area (Å²) in [4.78, 5) is 11.3. The number of methoxy groups -OCH3 is 1. The molecule has 0 spiro atoms. The summed E-state index contributed by atoms with van der Waals surface area (Å²) in [7, 11) is 1.47. The van der Waals surface area contributed by atoms with E-state index >= 15 is 0 Å². The molecule has 0 aromatic heterocycles. The van der Waals surface area contributed by atoms with Crippen LogP contribution in [-0.2, 0) is 0 Å². The zero-order valence-corrected chi connectivity index (χ0v) is 11.3. The van der Waals surface area contributed by atoms with Crippen molar-refractivity contribution in [3.05, 3.63) is 29.3 Å². The minimum atomic E-state index is -1.09. The molecule has 0 bridgehead atoms. The molecule has 0 aliphatic rings. The van der Waals surface area contributed by atoms with Crippen LogP contribution in [0.25, 0.3) is 0 Å². The highest BCUT2D eigenvalue weighted by atomic mass is 79.9. The van der Waals surface area contributed by atoms with Crippen LogP contribution in [0.1, 0.15) is 28.9 Å². The molecule has 94 valence electrons. The fourth-order valence-corrected chi connectivity index (χ4v) is 1.83. The zero-order valence-electron chi connectivity index (χ0n) is 9.68. The lowest BCUT2D eigenvalue weighted by Gasteiger charge is -2.19. The number of alkyl halides is 1. The Morgan fingerprint density at radius 3 is 2.59 bits per heavy atom. The Morgan fingerprint density at radius 2 is 2.12 bits per heavy atom. The second kappa shape index (κ2) is 6.14. The highest BCUT2D eigenvalue weighted by Crippen LogP contribution is 2.29. The number of carbonyl (C=O) groups excluding carboxylic acids is 1. The van der Waals surface area contributed by atoms with Crippen LogP contribution in [0.4, 0.5) is 0 Å². The zero-order chi connectivity index (χ0) is 13.0. The Hall–Kier alpha value is -0.910. The predicted octanol–water partition coefficient (Wildman–Crippen LogP) is 1.69. The second-order valence-corrected chi connectivity index (χ2v) is 4.33. The third kappa shape index (κ3) is 3.28. The average Bonchev–Trinajstić information content (AvgIpc) is 2.35. The van der Waals surface area contributed by atoms with Crippen molar-refractivity contribution in [1.29, 1.82) is 0 Å². The van der Waals surface area contributed by atoms with Crippen molar-refractivity contribution in [3.8, 4) is 5.75 Å². The number of hydrogen-bond donors (Lipinski definition) is 2. The number of halogens is 1. The third-order valence-electron chi connectivity index (χ3n) is 2.48. The van der Waals surface area contributed by atoms with Crippen LogP contribution in [-0.4, -0.2) is 34.5 Å². The molecule has 0 fully saturated rings. The minimum absolute atomic E-state index is 0.102. The highest BCUT2D eigenvalue weighted by molar-refractivity contribution is 9.09. The van der Waals surface area contributed by atoms with Crippen LogP contribution in [0.15, 0.2) is 18.2 Å². The highest BCUT2D eigenvalue weighted by Gasteiger charge is 2.21. The molecule has 0 saturated heterocycles. The van der Waals surface area contributed by atoms with E-state index in [9.17, 15) is 15.0 Å². The van der Waals surface area contributed by atoms with E-state index in [1.54, 1.807) is 12.1 Å². The third-order valence-corrected chi connectivity index (χ3v) is 3.14. The smallest absolute Gasteiger partial charge is 0.159 e. The molecule has 0 aliphatic carbocycles. The van der Waals surface area contributed by atoms with E-state index in [4.69, 9.17) is 4.74 Å². The number of rotatable bonds is 5. The van der Waals surface area contributed by atoms with Gasteiger partial charge in [0.15, 0.2) is 5.78 Å². The Bertz CT molecular complexity index is 405. The molecule has 2 unspecified atom stereocenters. The van der Waals surface area contributed by atoms with Gasteiger partial charge in [-0.25, -0.2) is 0 Å². The molecule has 0 saturated carbocycles. The first kappa shape index (κ1) is 14.2. The van der Waals surface area contributed by atoms with Crippen molar-refractivity contribution in [1.82, 2.24) is 0 Å². The lowest BCUT2D eigenvalue weighted by Crippen LogP contribution is -2.20. The van der Waals surface area contributed by atoms with Gasteiger partial charge in [-0.15, -0.1) is 0 Å². The topological polar surface area (TPSA) is 66.8 Å². The van der Waals surface area contributed by atoms with Gasteiger partial charge in [0.2, 0.25) is 0 Å². The van der Waals surface area contributed by atoms with Gasteiger partial charge in [0, 0.05) is 16.5 Å². The van der Waals surface area contributed by atoms with Crippen LogP contribution in [0.5, 0.6) is 5.75 Å². The molecule has 2 N–H and O–H groups in total. The molecule has 0 amide bonds. The normalized spacial score (nSPS) is 14.2. The molecule has 2 atom stereocenters. The first-order valence-electron chi connectivity index (χ1n) is 5.12. The molecular formula is C12H15BrO4. The first-order chi connectivity index (χ1) is 8.01. The van der Waals surface area contributed by atoms with Gasteiger partial charge < -0.3 is 14.9 Å². The van der Waals surface area contributed by atoms with Crippen LogP contribution in [0.2, 0.25) is 0 Å². The molecule has 0 aliphatic heterocycles. The summed E-state index contributed by atoms with van der Waals surface area (Å²) in [6, 6.07) is 4.77. The summed E-state index contributed by atoms with van der Waals surface area (Å²) in [6.07, 6.45) is -2.05. The Morgan fingerprint density at radius 1 is 1.47 bits per heavy atom. The summed E-state index contributed by atoms with van der Waals surface area (Å²) in [6.45, 7) is 1.44. The molecular weight excluding hydrogens is 288 g/mol. The van der Waals surface area contributed by atoms with E-state index in [0.29, 0.717) is 16.9 Å². The van der Waals surface area contributed by atoms with Crippen molar-refractivity contribution >= 4 is 21.7 Å². The number of carbonyl (C=O) groups is 1. The molecule has 0 radical (unpaired) electrons. The van der Waals surface area contributed by atoms with E-state index in [-0.39, 0.29) is 11.1 Å². The molecule has 1 rings (SSSR count). The maximum Gasteiger partial charge on any atom is 0.159 e. The van der Waals surface area contributed by atoms with E-state index < -0.39 is 12.2 Å². The molecule has 5 heteroatoms. The van der Waals surface area contributed by atoms with Gasteiger partial charge in [-0.05, 0) is 25.1 Å². The quantitative estimate of drug-likeness (QED) is 0.641. The Labute approximate surface area is 108 Å². The van der Waals surface area contributed by atoms with Gasteiger partial charge in [-0.3, -0.25) is 4.79 Å². The number of aliphatic hydroxyl groups is 2. The number of aliphatic hydroxyl groups excluding tert-OH is 2. The fourth-order valence-electron chi connectivity index (χ4n) is 1.48. The lowest BCUT2D eigenvalue weighted by molar-refractivity contribution is 0.0327. The fraction of sp³-hybridized carbons (Fsp3) is 0.417. The predicted molar refractivity (Wildman–Crippen MR) is 67.8 cm³/mol. The van der Waals surface area contributed by atoms with Crippen molar-refractivity contribution < 1.29 is 19.7 Å². The number of ether oxygens (including phenoxy) is 1. The Kier molecular flexibility index (Phi) is 5.11. The minimum Gasteiger partial charge on any atom is -0.496 e. The van der Waals surface area contributed by atoms with E-state index in [1.165, 1.54) is 20.1 Å². The van der Waals surface area contributed by atoms with Crippen LogP contribution in [0.3, 0.4) is 0 Å². The summed E-state index contributed by atoms with van der Waals surface area (Å²) >= 11 is 3.09. The molecule has 1 aromatic rings. The van der Waals surface area contributed by atoms with Crippen molar-refractivity contribution in [2.45, 2.75) is 19.1 Å². The first-order valence-corrected chi connectivity index (χ1v) is 6.24. The molecule has 17 heavy (non-hydrogen) atoms. The number of benzene rings is 1. The average molecular weight is 303 g/mol. The van der Waals surface area contributed by atoms with Gasteiger partial charge in [-0.1, -0.05) is 15.9 Å². The standard InChI is InChI=1S/C12H15BrO4/c1-7(14)8-3-4-11(17-2)9(5-8)12(16)10(15)6-13/h3-5,10,12,15-16H,6H2,1-2H3.